The van der Waals surface area contributed by atoms with Gasteiger partial charge in [-0.15, -0.1) is 0 Å². The first kappa shape index (κ1) is 16.5. The molecule has 0 aromatic heterocycles. The lowest BCUT2D eigenvalue weighted by atomic mass is 9.82. The van der Waals surface area contributed by atoms with Gasteiger partial charge in [0.25, 0.3) is 0 Å². The molecule has 0 radical (unpaired) electrons. The van der Waals surface area contributed by atoms with Crippen molar-refractivity contribution in [2.45, 2.75) is 38.9 Å². The molecule has 1 N–H and O–H groups in total. The van der Waals surface area contributed by atoms with E-state index in [1.165, 1.54) is 13.8 Å². The number of carbonyl (C=O) groups is 2. The highest BCUT2D eigenvalue weighted by Crippen LogP contribution is 2.29. The second kappa shape index (κ2) is 6.28. The summed E-state index contributed by atoms with van der Waals surface area (Å²) in [6.45, 7) is 1.62. The van der Waals surface area contributed by atoms with Gasteiger partial charge in [-0.3, -0.25) is 9.59 Å². The maximum atomic E-state index is 12.5. The molecule has 0 unspecified atom stereocenters. The van der Waals surface area contributed by atoms with Crippen LogP contribution in [0.25, 0.3) is 0 Å². The molecule has 20 heavy (non-hydrogen) atoms. The molecule has 0 aromatic carbocycles. The zero-order chi connectivity index (χ0) is 15.5. The lowest BCUT2D eigenvalue weighted by Gasteiger charge is -2.34. The molecule has 0 saturated carbocycles. The number of rotatable bonds is 4. The number of hydrogen-bond acceptors (Lipinski definition) is 2. The molecule has 1 aliphatic carbocycles. The first-order chi connectivity index (χ1) is 9.13. The minimum Gasteiger partial charge on any atom is -0.481 e. The molecule has 0 aromatic rings. The number of carbonyl (C=O) groups excluding carboxylic acids is 1. The number of halogens is 3. The summed E-state index contributed by atoms with van der Waals surface area (Å²) in [5, 5.41) is 9.08. The van der Waals surface area contributed by atoms with Crippen molar-refractivity contribution < 1.29 is 27.9 Å². The molecule has 114 valence electrons. The van der Waals surface area contributed by atoms with E-state index in [1.54, 1.807) is 12.2 Å². The van der Waals surface area contributed by atoms with Gasteiger partial charge in [0.05, 0.1) is 11.8 Å². The Kier molecular flexibility index (Phi) is 5.19. The van der Waals surface area contributed by atoms with Crippen molar-refractivity contribution in [2.75, 3.05) is 6.54 Å². The average Bonchev–Trinajstić information content (AvgIpc) is 2.33. The quantitative estimate of drug-likeness (QED) is 0.810. The molecule has 0 spiro atoms. The third-order valence-electron chi connectivity index (χ3n) is 3.32. The number of aliphatic carboxylic acids is 1. The fourth-order valence-corrected chi connectivity index (χ4v) is 2.28. The van der Waals surface area contributed by atoms with Crippen molar-refractivity contribution in [3.8, 4) is 0 Å². The van der Waals surface area contributed by atoms with Crippen LogP contribution in [-0.4, -0.2) is 40.6 Å². The first-order valence-electron chi connectivity index (χ1n) is 6.38. The van der Waals surface area contributed by atoms with Gasteiger partial charge in [0.1, 0.15) is 6.54 Å². The lowest BCUT2D eigenvalue weighted by Crippen LogP contribution is -2.48. The average molecular weight is 293 g/mol. The first-order valence-corrected chi connectivity index (χ1v) is 6.38. The van der Waals surface area contributed by atoms with Crippen LogP contribution < -0.4 is 0 Å². The summed E-state index contributed by atoms with van der Waals surface area (Å²) >= 11 is 0. The van der Waals surface area contributed by atoms with Crippen molar-refractivity contribution in [3.63, 3.8) is 0 Å². The predicted octanol–water partition coefficient (Wildman–Crippen LogP) is 2.45. The van der Waals surface area contributed by atoms with E-state index in [1.807, 2.05) is 0 Å². The van der Waals surface area contributed by atoms with Crippen LogP contribution >= 0.6 is 0 Å². The number of carboxylic acids is 1. The second-order valence-electron chi connectivity index (χ2n) is 5.17. The van der Waals surface area contributed by atoms with E-state index in [9.17, 15) is 22.8 Å². The van der Waals surface area contributed by atoms with E-state index in [0.29, 0.717) is 4.90 Å². The predicted molar refractivity (Wildman–Crippen MR) is 65.9 cm³/mol. The number of alkyl halides is 3. The van der Waals surface area contributed by atoms with Crippen molar-refractivity contribution in [1.82, 2.24) is 4.90 Å². The van der Waals surface area contributed by atoms with Crippen LogP contribution in [-0.2, 0) is 9.59 Å². The smallest absolute Gasteiger partial charge is 0.406 e. The van der Waals surface area contributed by atoms with Gasteiger partial charge in [0.2, 0.25) is 5.91 Å². The highest BCUT2D eigenvalue weighted by molar-refractivity contribution is 5.85. The fraction of sp³-hybridized carbons (Fsp3) is 0.692. The Bertz CT molecular complexity index is 404. The van der Waals surface area contributed by atoms with Gasteiger partial charge >= 0.3 is 12.1 Å². The Hall–Kier alpha value is -1.53. The summed E-state index contributed by atoms with van der Waals surface area (Å²) < 4.78 is 37.6. The third-order valence-corrected chi connectivity index (χ3v) is 3.32. The molecular weight excluding hydrogens is 275 g/mol. The molecule has 2 atom stereocenters. The molecular formula is C13H18F3NO3. The van der Waals surface area contributed by atoms with Crippen LogP contribution in [0, 0.1) is 11.8 Å². The Morgan fingerprint density at radius 3 is 2.15 bits per heavy atom. The minimum atomic E-state index is -4.50. The monoisotopic (exact) mass is 293 g/mol. The largest absolute Gasteiger partial charge is 0.481 e. The summed E-state index contributed by atoms with van der Waals surface area (Å²) in [5.74, 6) is -3.78. The van der Waals surface area contributed by atoms with E-state index >= 15 is 0 Å². The zero-order valence-corrected chi connectivity index (χ0v) is 11.4. The number of hydrogen-bond donors (Lipinski definition) is 1. The molecule has 0 fully saturated rings. The van der Waals surface area contributed by atoms with Gasteiger partial charge in [0.15, 0.2) is 0 Å². The van der Waals surface area contributed by atoms with Crippen LogP contribution in [0.5, 0.6) is 0 Å². The summed E-state index contributed by atoms with van der Waals surface area (Å²) in [6, 6.07) is -0.635. The Balaban J connectivity index is 2.93. The highest BCUT2D eigenvalue weighted by atomic mass is 19.4. The van der Waals surface area contributed by atoms with E-state index < -0.39 is 42.5 Å². The third kappa shape index (κ3) is 4.25. The number of allylic oxidation sites excluding steroid dienone is 2. The fourth-order valence-electron chi connectivity index (χ4n) is 2.28. The van der Waals surface area contributed by atoms with Gasteiger partial charge in [0, 0.05) is 6.04 Å². The standard InChI is InChI=1S/C13H18F3NO3/c1-8(2)17(7-13(14,15)16)11(18)9-5-3-4-6-10(9)12(19)20/h3-4,8-10H,5-7H2,1-2H3,(H,19,20)/t9-,10+/m1/s1. The lowest BCUT2D eigenvalue weighted by molar-refractivity contribution is -0.170. The van der Waals surface area contributed by atoms with Crippen LogP contribution in [0.1, 0.15) is 26.7 Å². The molecule has 0 heterocycles. The molecule has 0 saturated heterocycles. The maximum absolute atomic E-state index is 12.5. The molecule has 1 rings (SSSR count). The maximum Gasteiger partial charge on any atom is 0.406 e. The van der Waals surface area contributed by atoms with Crippen LogP contribution in [0.2, 0.25) is 0 Å². The van der Waals surface area contributed by atoms with Gasteiger partial charge in [-0.05, 0) is 26.7 Å². The van der Waals surface area contributed by atoms with E-state index in [-0.39, 0.29) is 12.8 Å². The van der Waals surface area contributed by atoms with Crippen molar-refractivity contribution in [2.24, 2.45) is 11.8 Å². The van der Waals surface area contributed by atoms with Gasteiger partial charge in [-0.25, -0.2) is 0 Å². The molecule has 1 amide bonds. The summed E-state index contributed by atoms with van der Waals surface area (Å²) in [6.07, 6.45) is -0.871. The number of nitrogens with zero attached hydrogens (tertiary/aromatic N) is 1. The van der Waals surface area contributed by atoms with E-state index in [4.69, 9.17) is 5.11 Å². The molecule has 7 heteroatoms. The van der Waals surface area contributed by atoms with Crippen LogP contribution in [0.4, 0.5) is 13.2 Å². The number of carboxylic acid groups (broad SMARTS) is 1. The van der Waals surface area contributed by atoms with Gasteiger partial charge in [-0.2, -0.15) is 13.2 Å². The van der Waals surface area contributed by atoms with Crippen molar-refractivity contribution in [1.29, 1.82) is 0 Å². The second-order valence-corrected chi connectivity index (χ2v) is 5.17. The Labute approximate surface area is 115 Å². The topological polar surface area (TPSA) is 57.6 Å². The van der Waals surface area contributed by atoms with Crippen molar-refractivity contribution in [3.05, 3.63) is 12.2 Å². The summed E-state index contributed by atoms with van der Waals surface area (Å²) in [7, 11) is 0. The molecule has 0 bridgehead atoms. The molecule has 4 nitrogen and oxygen atoms in total. The molecule has 0 aliphatic heterocycles. The molecule has 1 aliphatic rings. The highest BCUT2D eigenvalue weighted by Gasteiger charge is 2.41. The van der Waals surface area contributed by atoms with Crippen LogP contribution in [0.15, 0.2) is 12.2 Å². The summed E-state index contributed by atoms with van der Waals surface area (Å²) in [4.78, 5) is 24.1. The van der Waals surface area contributed by atoms with Gasteiger partial charge < -0.3 is 10.0 Å². The number of amides is 1. The Morgan fingerprint density at radius 2 is 1.75 bits per heavy atom. The van der Waals surface area contributed by atoms with Crippen LogP contribution in [0.3, 0.4) is 0 Å². The zero-order valence-electron chi connectivity index (χ0n) is 11.4. The normalized spacial score (nSPS) is 22.9. The van der Waals surface area contributed by atoms with Gasteiger partial charge in [-0.1, -0.05) is 12.2 Å². The SMILES string of the molecule is CC(C)N(CC(F)(F)F)C(=O)[C@@H]1CC=CC[C@@H]1C(=O)O. The van der Waals surface area contributed by atoms with Crippen molar-refractivity contribution >= 4 is 11.9 Å². The summed E-state index contributed by atoms with van der Waals surface area (Å²) in [5.41, 5.74) is 0. The van der Waals surface area contributed by atoms with E-state index in [0.717, 1.165) is 0 Å². The minimum absolute atomic E-state index is 0.164. The Morgan fingerprint density at radius 1 is 1.25 bits per heavy atom. The van der Waals surface area contributed by atoms with E-state index in [2.05, 4.69) is 0 Å².